The number of hydrogen-bond acceptors (Lipinski definition) is 5. The van der Waals surface area contributed by atoms with Crippen LogP contribution in [-0.4, -0.2) is 41.1 Å². The quantitative estimate of drug-likeness (QED) is 0.216. The Bertz CT molecular complexity index is 704. The Kier molecular flexibility index (Phi) is 12.3. The van der Waals surface area contributed by atoms with Crippen LogP contribution in [0.1, 0.15) is 44.9 Å². The third-order valence-electron chi connectivity index (χ3n) is 5.75. The van der Waals surface area contributed by atoms with Crippen molar-refractivity contribution in [1.82, 2.24) is 0 Å². The van der Waals surface area contributed by atoms with Gasteiger partial charge in [0.25, 0.3) is 0 Å². The van der Waals surface area contributed by atoms with Crippen LogP contribution >= 0.6 is 30.5 Å². The molecule has 9 heteroatoms. The van der Waals surface area contributed by atoms with Crippen molar-refractivity contribution in [3.8, 4) is 5.75 Å². The van der Waals surface area contributed by atoms with Gasteiger partial charge in [-0.25, -0.2) is 0 Å². The van der Waals surface area contributed by atoms with Gasteiger partial charge in [0.2, 0.25) is 0 Å². The molecule has 1 aromatic carbocycles. The third-order valence-corrected chi connectivity index (χ3v) is 6.72. The van der Waals surface area contributed by atoms with E-state index >= 15 is 0 Å². The van der Waals surface area contributed by atoms with E-state index in [1.807, 2.05) is 18.2 Å². The van der Waals surface area contributed by atoms with Crippen LogP contribution in [0.5, 0.6) is 5.75 Å². The molecule has 0 amide bonds. The summed E-state index contributed by atoms with van der Waals surface area (Å²) in [6.07, 6.45) is 8.00. The molecule has 0 bridgehead atoms. The molecule has 1 aromatic rings. The first-order chi connectivity index (χ1) is 14.9. The lowest BCUT2D eigenvalue weighted by Crippen LogP contribution is -2.26. The zero-order valence-electron chi connectivity index (χ0n) is 17.6. The normalized spacial score (nSPS) is 24.5. The van der Waals surface area contributed by atoms with Gasteiger partial charge in [-0.1, -0.05) is 29.8 Å². The van der Waals surface area contributed by atoms with Gasteiger partial charge in [-0.3, -0.25) is 4.79 Å². The van der Waals surface area contributed by atoms with Crippen molar-refractivity contribution in [3.63, 3.8) is 0 Å². The fraction of sp³-hybridized carbons (Fsp3) is 0.591. The van der Waals surface area contributed by atoms with Crippen molar-refractivity contribution in [2.45, 2.75) is 63.3 Å². The maximum absolute atomic E-state index is 10.6. The highest BCUT2D eigenvalue weighted by Crippen LogP contribution is 2.41. The molecule has 2 rings (SSSR count). The van der Waals surface area contributed by atoms with Gasteiger partial charge < -0.3 is 24.0 Å². The molecule has 0 saturated heterocycles. The Morgan fingerprint density at radius 2 is 2.10 bits per heavy atom. The van der Waals surface area contributed by atoms with Gasteiger partial charge >= 0.3 is 5.97 Å². The van der Waals surface area contributed by atoms with Gasteiger partial charge in [-0.05, 0) is 62.1 Å². The lowest BCUT2D eigenvalue weighted by molar-refractivity contribution is -0.137. The second kappa shape index (κ2) is 14.4. The molecule has 0 heterocycles. The van der Waals surface area contributed by atoms with Crippen molar-refractivity contribution in [1.29, 1.82) is 0 Å². The van der Waals surface area contributed by atoms with E-state index in [-0.39, 0.29) is 30.5 Å². The summed E-state index contributed by atoms with van der Waals surface area (Å²) < 4.78 is 16.9. The minimum atomic E-state index is -0.773. The van der Waals surface area contributed by atoms with Crippen LogP contribution in [0.3, 0.4) is 0 Å². The highest BCUT2D eigenvalue weighted by Gasteiger charge is 2.41. The number of hydrogen-bond donors (Lipinski definition) is 2. The van der Waals surface area contributed by atoms with Crippen molar-refractivity contribution in [2.24, 2.45) is 11.8 Å². The zero-order valence-corrected chi connectivity index (χ0v) is 20.6. The molecule has 1 aliphatic rings. The van der Waals surface area contributed by atoms with Crippen LogP contribution < -0.4 is 4.74 Å². The molecule has 2 N–H and O–H groups in total. The van der Waals surface area contributed by atoms with Gasteiger partial charge in [0.15, 0.2) is 0 Å². The number of unbranched alkanes of at least 4 members (excludes halogenated alkanes) is 1. The Labute approximate surface area is 194 Å². The number of carboxylic acid groups (broad SMARTS) is 1. The Balaban J connectivity index is 1.85. The fourth-order valence-corrected chi connectivity index (χ4v) is 4.80. The molecule has 1 fully saturated rings. The lowest BCUT2D eigenvalue weighted by Gasteiger charge is -2.26. The van der Waals surface area contributed by atoms with Gasteiger partial charge in [0, 0.05) is 36.8 Å². The number of aliphatic hydroxyl groups is 1. The first-order valence-electron chi connectivity index (χ1n) is 10.6. The van der Waals surface area contributed by atoms with Gasteiger partial charge in [0.05, 0.1) is 18.3 Å². The van der Waals surface area contributed by atoms with E-state index in [0.29, 0.717) is 30.2 Å². The number of halogens is 1. The second-order valence-corrected chi connectivity index (χ2v) is 8.88. The summed E-state index contributed by atoms with van der Waals surface area (Å²) in [6, 6.07) is 7.27. The van der Waals surface area contributed by atoms with Gasteiger partial charge in [-0.15, -0.1) is 0 Å². The van der Waals surface area contributed by atoms with Gasteiger partial charge in [0.1, 0.15) is 12.4 Å². The van der Waals surface area contributed by atoms with Crippen molar-refractivity contribution in [2.75, 3.05) is 6.61 Å². The standard InChI is InChI=1S/C22H33ClO6P2/c23-15-6-5-7-16(12-15)27-14-17(28-30)10-11-19-18(20(24)13-21(19)29-31)8-3-1-2-4-9-22(25)26/h1,3,5-7,12,17-21,24H,2,4,8-11,13-14,30-31H2,(H,25,26)/b3-1-/t17?,18-,19-,20?,21?/m1/s1. The summed E-state index contributed by atoms with van der Waals surface area (Å²) in [4.78, 5) is 10.6. The van der Waals surface area contributed by atoms with E-state index in [1.54, 1.807) is 12.1 Å². The maximum atomic E-state index is 10.6. The van der Waals surface area contributed by atoms with Crippen LogP contribution in [0.25, 0.3) is 0 Å². The van der Waals surface area contributed by atoms with Crippen molar-refractivity contribution >= 4 is 36.5 Å². The summed E-state index contributed by atoms with van der Waals surface area (Å²) in [5.41, 5.74) is 0. The number of ether oxygens (including phenoxy) is 1. The Morgan fingerprint density at radius 1 is 1.29 bits per heavy atom. The van der Waals surface area contributed by atoms with Crippen molar-refractivity contribution in [3.05, 3.63) is 41.4 Å². The molecular formula is C22H33ClO6P2. The number of carboxylic acids is 1. The molecule has 0 aliphatic heterocycles. The second-order valence-electron chi connectivity index (χ2n) is 7.90. The maximum Gasteiger partial charge on any atom is 0.303 e. The Morgan fingerprint density at radius 3 is 2.77 bits per heavy atom. The molecule has 5 unspecified atom stereocenters. The highest BCUT2D eigenvalue weighted by atomic mass is 35.5. The van der Waals surface area contributed by atoms with E-state index in [9.17, 15) is 9.90 Å². The molecule has 0 radical (unpaired) electrons. The van der Waals surface area contributed by atoms with Crippen LogP contribution in [-0.2, 0) is 13.8 Å². The Hall–Kier alpha value is -0.740. The van der Waals surface area contributed by atoms with Crippen LogP contribution in [0, 0.1) is 11.8 Å². The smallest absolute Gasteiger partial charge is 0.303 e. The predicted octanol–water partition coefficient (Wildman–Crippen LogP) is 5.05. The fourth-order valence-electron chi connectivity index (χ4n) is 4.09. The van der Waals surface area contributed by atoms with Crippen LogP contribution in [0.4, 0.5) is 0 Å². The summed E-state index contributed by atoms with van der Waals surface area (Å²) in [6.45, 7) is 0.402. The number of carbonyl (C=O) groups is 1. The molecule has 0 aromatic heterocycles. The number of rotatable bonds is 14. The van der Waals surface area contributed by atoms with Gasteiger partial charge in [-0.2, -0.15) is 0 Å². The summed E-state index contributed by atoms with van der Waals surface area (Å²) >= 11 is 6.00. The number of aliphatic carboxylic acids is 1. The summed E-state index contributed by atoms with van der Waals surface area (Å²) in [5.74, 6) is 0.225. The number of aliphatic hydroxyl groups excluding tert-OH is 1. The highest BCUT2D eigenvalue weighted by molar-refractivity contribution is 7.10. The largest absolute Gasteiger partial charge is 0.491 e. The molecule has 1 saturated carbocycles. The zero-order chi connectivity index (χ0) is 22.6. The number of allylic oxidation sites excluding steroid dienone is 2. The van der Waals surface area contributed by atoms with E-state index in [2.05, 4.69) is 25.0 Å². The third kappa shape index (κ3) is 9.34. The molecule has 7 atom stereocenters. The molecule has 174 valence electrons. The lowest BCUT2D eigenvalue weighted by atomic mass is 9.86. The van der Waals surface area contributed by atoms with E-state index in [4.69, 9.17) is 30.5 Å². The van der Waals surface area contributed by atoms with E-state index in [0.717, 1.165) is 25.7 Å². The average Bonchev–Trinajstić information content (AvgIpc) is 3.05. The van der Waals surface area contributed by atoms with E-state index in [1.165, 1.54) is 0 Å². The minimum Gasteiger partial charge on any atom is -0.491 e. The van der Waals surface area contributed by atoms with E-state index < -0.39 is 12.1 Å². The minimum absolute atomic E-state index is 0.0237. The SMILES string of the molecule is O=C(O)CCC/C=C\C[C@H]1C(O)CC(OP)[C@@H]1CCC(COc1cccc(Cl)c1)OP. The summed E-state index contributed by atoms with van der Waals surface area (Å²) in [5, 5.41) is 19.9. The summed E-state index contributed by atoms with van der Waals surface area (Å²) in [7, 11) is 4.64. The monoisotopic (exact) mass is 490 g/mol. The average molecular weight is 491 g/mol. The molecule has 31 heavy (non-hydrogen) atoms. The topological polar surface area (TPSA) is 85.2 Å². The van der Waals surface area contributed by atoms with Crippen LogP contribution in [0.15, 0.2) is 36.4 Å². The molecule has 0 spiro atoms. The number of benzene rings is 1. The first kappa shape index (κ1) is 26.5. The van der Waals surface area contributed by atoms with Crippen molar-refractivity contribution < 1.29 is 28.8 Å². The first-order valence-corrected chi connectivity index (χ1v) is 11.9. The molecule has 6 nitrogen and oxygen atoms in total. The molecule has 1 aliphatic carbocycles. The molecular weight excluding hydrogens is 458 g/mol. The van der Waals surface area contributed by atoms with Crippen LogP contribution in [0.2, 0.25) is 5.02 Å². The predicted molar refractivity (Wildman–Crippen MR) is 128 cm³/mol.